The lowest BCUT2D eigenvalue weighted by atomic mass is 10.2. The highest BCUT2D eigenvalue weighted by molar-refractivity contribution is 6.05. The van der Waals surface area contributed by atoms with Crippen molar-refractivity contribution >= 4 is 23.1 Å². The first-order valence-corrected chi connectivity index (χ1v) is 9.42. The number of nitrogens with one attached hydrogen (secondary N) is 2. The maximum atomic E-state index is 12.8. The Morgan fingerprint density at radius 3 is 2.74 bits per heavy atom. The third kappa shape index (κ3) is 4.95. The maximum Gasteiger partial charge on any atom is 0.274 e. The van der Waals surface area contributed by atoms with Gasteiger partial charge in [0.1, 0.15) is 17.3 Å². The van der Waals surface area contributed by atoms with Crippen molar-refractivity contribution in [3.63, 3.8) is 0 Å². The van der Waals surface area contributed by atoms with Crippen molar-refractivity contribution < 1.29 is 9.53 Å². The molecule has 27 heavy (non-hydrogen) atoms. The Balaban J connectivity index is 1.79. The zero-order chi connectivity index (χ0) is 19.2. The molecule has 0 spiro atoms. The summed E-state index contributed by atoms with van der Waals surface area (Å²) in [7, 11) is 0. The van der Waals surface area contributed by atoms with Crippen molar-refractivity contribution in [3.05, 3.63) is 41.9 Å². The molecule has 1 aliphatic heterocycles. The van der Waals surface area contributed by atoms with Gasteiger partial charge in [0.25, 0.3) is 5.91 Å². The van der Waals surface area contributed by atoms with E-state index in [1.165, 1.54) is 0 Å². The molecule has 3 rings (SSSR count). The Bertz CT molecular complexity index is 790. The molecule has 1 aromatic carbocycles. The normalized spacial score (nSPS) is 15.3. The lowest BCUT2D eigenvalue weighted by Gasteiger charge is -2.30. The van der Waals surface area contributed by atoms with Crippen LogP contribution in [0, 0.1) is 6.92 Å². The van der Waals surface area contributed by atoms with Crippen LogP contribution in [0.25, 0.3) is 0 Å². The van der Waals surface area contributed by atoms with Crippen molar-refractivity contribution in [1.82, 2.24) is 9.97 Å². The number of aromatic nitrogens is 2. The third-order valence-electron chi connectivity index (χ3n) is 4.58. The molecule has 0 bridgehead atoms. The van der Waals surface area contributed by atoms with E-state index in [0.29, 0.717) is 30.5 Å². The van der Waals surface area contributed by atoms with Crippen LogP contribution in [-0.2, 0) is 4.74 Å². The van der Waals surface area contributed by atoms with Crippen LogP contribution in [0.4, 0.5) is 17.2 Å². The number of carbonyl (C=O) groups excluding carboxylic acids is 1. The minimum absolute atomic E-state index is 0.242. The predicted molar refractivity (Wildman–Crippen MR) is 108 cm³/mol. The molecule has 2 aromatic rings. The zero-order valence-corrected chi connectivity index (χ0v) is 16.2. The summed E-state index contributed by atoms with van der Waals surface area (Å²) in [5, 5.41) is 6.31. The number of amides is 1. The van der Waals surface area contributed by atoms with Crippen LogP contribution in [0.1, 0.15) is 36.6 Å². The highest BCUT2D eigenvalue weighted by atomic mass is 16.5. The Kier molecular flexibility index (Phi) is 6.24. The summed E-state index contributed by atoms with van der Waals surface area (Å²) in [5.74, 6) is 0.992. The van der Waals surface area contributed by atoms with Crippen LogP contribution in [0.3, 0.4) is 0 Å². The van der Waals surface area contributed by atoms with Gasteiger partial charge in [0.15, 0.2) is 0 Å². The van der Waals surface area contributed by atoms with Gasteiger partial charge < -0.3 is 20.3 Å². The standard InChI is InChI=1S/C20H27N5O2/c1-4-14(2)21-19-13-17(22-15(3)23-19)20(26)24-16-7-5-6-8-18(16)25-9-11-27-12-10-25/h5-8,13-14H,4,9-12H2,1-3H3,(H,24,26)(H,21,22,23). The van der Waals surface area contributed by atoms with Crippen molar-refractivity contribution in [2.24, 2.45) is 0 Å². The van der Waals surface area contributed by atoms with E-state index in [1.807, 2.05) is 24.3 Å². The average molecular weight is 369 g/mol. The lowest BCUT2D eigenvalue weighted by Crippen LogP contribution is -2.36. The molecule has 7 heteroatoms. The summed E-state index contributed by atoms with van der Waals surface area (Å²) < 4.78 is 5.43. The molecule has 1 fully saturated rings. The van der Waals surface area contributed by atoms with Gasteiger partial charge in [0, 0.05) is 25.2 Å². The topological polar surface area (TPSA) is 79.4 Å². The Hall–Kier alpha value is -2.67. The zero-order valence-electron chi connectivity index (χ0n) is 16.2. The first-order chi connectivity index (χ1) is 13.1. The predicted octanol–water partition coefficient (Wildman–Crippen LogP) is 3.08. The SMILES string of the molecule is CCC(C)Nc1cc(C(=O)Nc2ccccc2N2CCOCC2)nc(C)n1. The summed E-state index contributed by atoms with van der Waals surface area (Å²) in [6.45, 7) is 8.97. The highest BCUT2D eigenvalue weighted by Gasteiger charge is 2.17. The largest absolute Gasteiger partial charge is 0.378 e. The molecule has 1 aromatic heterocycles. The van der Waals surface area contributed by atoms with Crippen LogP contribution in [-0.4, -0.2) is 48.2 Å². The van der Waals surface area contributed by atoms with Gasteiger partial charge in [0.05, 0.1) is 24.6 Å². The Morgan fingerprint density at radius 2 is 2.00 bits per heavy atom. The van der Waals surface area contributed by atoms with E-state index in [0.717, 1.165) is 30.9 Å². The minimum atomic E-state index is -0.242. The van der Waals surface area contributed by atoms with Crippen LogP contribution < -0.4 is 15.5 Å². The van der Waals surface area contributed by atoms with E-state index in [1.54, 1.807) is 13.0 Å². The van der Waals surface area contributed by atoms with E-state index in [2.05, 4.69) is 39.3 Å². The fourth-order valence-corrected chi connectivity index (χ4v) is 2.96. The number of carbonyl (C=O) groups is 1. The van der Waals surface area contributed by atoms with Crippen LogP contribution in [0.15, 0.2) is 30.3 Å². The number of para-hydroxylation sites is 2. The second-order valence-electron chi connectivity index (χ2n) is 6.71. The molecule has 0 saturated carbocycles. The van der Waals surface area contributed by atoms with Gasteiger partial charge in [-0.05, 0) is 32.4 Å². The van der Waals surface area contributed by atoms with Crippen molar-refractivity contribution in [2.75, 3.05) is 41.8 Å². The van der Waals surface area contributed by atoms with Gasteiger partial charge in [-0.15, -0.1) is 0 Å². The van der Waals surface area contributed by atoms with Gasteiger partial charge >= 0.3 is 0 Å². The van der Waals surface area contributed by atoms with Gasteiger partial charge in [-0.25, -0.2) is 9.97 Å². The molecule has 2 heterocycles. The molecule has 2 N–H and O–H groups in total. The van der Waals surface area contributed by atoms with Gasteiger partial charge in [0.2, 0.25) is 0 Å². The first-order valence-electron chi connectivity index (χ1n) is 9.42. The number of rotatable bonds is 6. The van der Waals surface area contributed by atoms with Gasteiger partial charge in [-0.3, -0.25) is 4.79 Å². The first kappa shape index (κ1) is 19.1. The molecule has 1 aliphatic rings. The molecule has 1 saturated heterocycles. The van der Waals surface area contributed by atoms with Crippen LogP contribution in [0.5, 0.6) is 0 Å². The van der Waals surface area contributed by atoms with Gasteiger partial charge in [-0.1, -0.05) is 19.1 Å². The summed E-state index contributed by atoms with van der Waals surface area (Å²) in [5.41, 5.74) is 2.13. The third-order valence-corrected chi connectivity index (χ3v) is 4.58. The second kappa shape index (κ2) is 8.81. The van der Waals surface area contributed by atoms with Gasteiger partial charge in [-0.2, -0.15) is 0 Å². The molecule has 1 unspecified atom stereocenters. The summed E-state index contributed by atoms with van der Waals surface area (Å²) >= 11 is 0. The summed E-state index contributed by atoms with van der Waals surface area (Å²) in [6.07, 6.45) is 0.970. The maximum absolute atomic E-state index is 12.8. The van der Waals surface area contributed by atoms with Crippen molar-refractivity contribution in [2.45, 2.75) is 33.2 Å². The average Bonchev–Trinajstić information content (AvgIpc) is 2.68. The number of benzene rings is 1. The number of ether oxygens (including phenoxy) is 1. The fraction of sp³-hybridized carbons (Fsp3) is 0.450. The van der Waals surface area contributed by atoms with E-state index in [-0.39, 0.29) is 11.9 Å². The van der Waals surface area contributed by atoms with Crippen molar-refractivity contribution in [1.29, 1.82) is 0 Å². The second-order valence-corrected chi connectivity index (χ2v) is 6.71. The molecular formula is C20H27N5O2. The molecule has 0 aliphatic carbocycles. The molecule has 7 nitrogen and oxygen atoms in total. The Labute approximate surface area is 160 Å². The lowest BCUT2D eigenvalue weighted by molar-refractivity contribution is 0.102. The molecule has 1 amide bonds. The van der Waals surface area contributed by atoms with Crippen molar-refractivity contribution in [3.8, 4) is 0 Å². The molecular weight excluding hydrogens is 342 g/mol. The minimum Gasteiger partial charge on any atom is -0.378 e. The quantitative estimate of drug-likeness (QED) is 0.815. The molecule has 144 valence electrons. The number of hydrogen-bond donors (Lipinski definition) is 2. The van der Waals surface area contributed by atoms with Crippen LogP contribution >= 0.6 is 0 Å². The molecule has 1 atom stereocenters. The van der Waals surface area contributed by atoms with E-state index >= 15 is 0 Å². The number of hydrogen-bond acceptors (Lipinski definition) is 6. The summed E-state index contributed by atoms with van der Waals surface area (Å²) in [4.78, 5) is 23.7. The summed E-state index contributed by atoms with van der Waals surface area (Å²) in [6, 6.07) is 9.80. The number of morpholine rings is 1. The molecule has 0 radical (unpaired) electrons. The van der Waals surface area contributed by atoms with E-state index < -0.39 is 0 Å². The van der Waals surface area contributed by atoms with E-state index in [9.17, 15) is 4.79 Å². The number of aryl methyl sites for hydroxylation is 1. The number of nitrogens with zero attached hydrogens (tertiary/aromatic N) is 3. The fourth-order valence-electron chi connectivity index (χ4n) is 2.96. The smallest absolute Gasteiger partial charge is 0.274 e. The van der Waals surface area contributed by atoms with Crippen LogP contribution in [0.2, 0.25) is 0 Å². The monoisotopic (exact) mass is 369 g/mol. The highest BCUT2D eigenvalue weighted by Crippen LogP contribution is 2.26. The Morgan fingerprint density at radius 1 is 1.26 bits per heavy atom. The van der Waals surface area contributed by atoms with E-state index in [4.69, 9.17) is 4.74 Å². The number of anilines is 3.